The first kappa shape index (κ1) is 28.6. The van der Waals surface area contributed by atoms with Crippen molar-refractivity contribution in [3.8, 4) is 45.1 Å². The van der Waals surface area contributed by atoms with Crippen LogP contribution in [0.1, 0.15) is 41.5 Å². The van der Waals surface area contributed by atoms with E-state index in [0.29, 0.717) is 16.6 Å². The molecule has 0 atom stereocenters. The number of hydrogen-bond donors (Lipinski definition) is 0. The fraction of sp³-hybridized carbons (Fsp3) is 0.237. The summed E-state index contributed by atoms with van der Waals surface area (Å²) in [6, 6.07) is 45.5. The summed E-state index contributed by atoms with van der Waals surface area (Å²) >= 11 is 0. The number of nitrogens with zero attached hydrogens (tertiary/aromatic N) is 1. The molecule has 2 nitrogen and oxygen atoms in total. The highest BCUT2D eigenvalue weighted by molar-refractivity contribution is 6.78. The van der Waals surface area contributed by atoms with Gasteiger partial charge >= 0.3 is 0 Å². The van der Waals surface area contributed by atoms with Gasteiger partial charge in [-0.15, -0.1) is 0 Å². The van der Waals surface area contributed by atoms with Gasteiger partial charge in [0.25, 0.3) is 8.32 Å². The van der Waals surface area contributed by atoms with Gasteiger partial charge in [-0.3, -0.25) is 0 Å². The maximum atomic E-state index is 7.01. The van der Waals surface area contributed by atoms with Gasteiger partial charge in [0.2, 0.25) is 17.1 Å². The average Bonchev–Trinajstić information content (AvgIpc) is 3.00. The highest BCUT2D eigenvalue weighted by Gasteiger charge is 2.47. The van der Waals surface area contributed by atoms with Gasteiger partial charge in [-0.1, -0.05) is 108 Å². The Labute approximate surface area is 247 Å². The zero-order valence-corrected chi connectivity index (χ0v) is 26.2. The molecule has 0 aliphatic heterocycles. The normalized spacial score (nSPS) is 11.8. The summed E-state index contributed by atoms with van der Waals surface area (Å²) in [5.41, 5.74) is 9.73. The van der Waals surface area contributed by atoms with Gasteiger partial charge in [-0.2, -0.15) is 4.57 Å². The molecule has 4 aromatic carbocycles. The summed E-state index contributed by atoms with van der Waals surface area (Å²) < 4.78 is 9.40. The van der Waals surface area contributed by atoms with Crippen molar-refractivity contribution in [2.24, 2.45) is 0 Å². The van der Waals surface area contributed by atoms with Gasteiger partial charge in [0, 0.05) is 35.4 Å². The van der Waals surface area contributed by atoms with Crippen LogP contribution in [0.15, 0.2) is 127 Å². The van der Waals surface area contributed by atoms with Crippen molar-refractivity contribution < 1.29 is 8.99 Å². The molecule has 0 aliphatic carbocycles. The molecule has 0 spiro atoms. The van der Waals surface area contributed by atoms with Crippen molar-refractivity contribution in [1.82, 2.24) is 0 Å². The Kier molecular flexibility index (Phi) is 8.56. The van der Waals surface area contributed by atoms with Crippen LogP contribution in [-0.2, 0) is 0 Å². The SMILES string of the molecule is CC(C)[Si](Oc1ccc(-[n+]2c(-c3ccccc3)cc(-c3ccccc3)cc2-c2ccccc2)cc1)(C(C)C)C(C)C. The van der Waals surface area contributed by atoms with E-state index >= 15 is 0 Å². The predicted molar refractivity (Wildman–Crippen MR) is 176 cm³/mol. The second kappa shape index (κ2) is 12.3. The Morgan fingerprint density at radius 2 is 0.854 bits per heavy atom. The van der Waals surface area contributed by atoms with E-state index in [-0.39, 0.29) is 0 Å². The summed E-state index contributed by atoms with van der Waals surface area (Å²) in [5, 5.41) is 0. The lowest BCUT2D eigenvalue weighted by Gasteiger charge is -2.42. The number of pyridine rings is 1. The number of benzene rings is 4. The van der Waals surface area contributed by atoms with Crippen LogP contribution >= 0.6 is 0 Å². The molecule has 0 amide bonds. The van der Waals surface area contributed by atoms with Gasteiger partial charge in [0.1, 0.15) is 5.75 Å². The molecule has 5 rings (SSSR count). The smallest absolute Gasteiger partial charge is 0.258 e. The minimum atomic E-state index is -2.04. The molecule has 0 aliphatic rings. The van der Waals surface area contributed by atoms with Gasteiger partial charge in [-0.25, -0.2) is 0 Å². The van der Waals surface area contributed by atoms with E-state index in [1.165, 1.54) is 22.3 Å². The maximum absolute atomic E-state index is 7.01. The molecule has 0 saturated carbocycles. The van der Waals surface area contributed by atoms with Crippen molar-refractivity contribution in [1.29, 1.82) is 0 Å². The molecule has 1 aromatic heterocycles. The lowest BCUT2D eigenvalue weighted by atomic mass is 9.98. The molecule has 5 aromatic rings. The summed E-state index contributed by atoms with van der Waals surface area (Å²) in [5.74, 6) is 0.973. The van der Waals surface area contributed by atoms with Crippen molar-refractivity contribution in [3.05, 3.63) is 127 Å². The van der Waals surface area contributed by atoms with Gasteiger partial charge < -0.3 is 4.43 Å². The molecule has 1 heterocycles. The van der Waals surface area contributed by atoms with Gasteiger partial charge in [0.15, 0.2) is 0 Å². The van der Waals surface area contributed by atoms with Crippen molar-refractivity contribution in [2.75, 3.05) is 0 Å². The molecule has 41 heavy (non-hydrogen) atoms. The Bertz CT molecular complexity index is 1480. The fourth-order valence-electron chi connectivity index (χ4n) is 6.53. The molecule has 208 valence electrons. The quantitative estimate of drug-likeness (QED) is 0.130. The van der Waals surface area contributed by atoms with Crippen molar-refractivity contribution >= 4 is 8.32 Å². The van der Waals surface area contributed by atoms with Crippen LogP contribution in [0.5, 0.6) is 5.75 Å². The van der Waals surface area contributed by atoms with E-state index in [1.807, 2.05) is 0 Å². The van der Waals surface area contributed by atoms with Crippen LogP contribution in [0, 0.1) is 0 Å². The zero-order chi connectivity index (χ0) is 29.0. The molecule has 0 bridgehead atoms. The minimum Gasteiger partial charge on any atom is -0.543 e. The highest BCUT2D eigenvalue weighted by Crippen LogP contribution is 2.43. The standard InChI is InChI=1S/C38H42NOSi/c1-28(2)41(29(3)4,30(5)6)40-36-24-22-35(23-25-36)39-37(32-18-12-8-13-19-32)26-34(31-16-10-7-11-17-31)27-38(39)33-20-14-9-15-21-33/h7-30H,1-6H3/q+1. The van der Waals surface area contributed by atoms with E-state index < -0.39 is 8.32 Å². The lowest BCUT2D eigenvalue weighted by molar-refractivity contribution is -0.572. The molecular weight excluding hydrogens is 515 g/mol. The highest BCUT2D eigenvalue weighted by atomic mass is 28.4. The van der Waals surface area contributed by atoms with E-state index in [9.17, 15) is 0 Å². The van der Waals surface area contributed by atoms with Crippen molar-refractivity contribution in [2.45, 2.75) is 58.2 Å². The molecular formula is C38H42NOSi+. The first-order chi connectivity index (χ1) is 19.8. The van der Waals surface area contributed by atoms with Crippen LogP contribution in [0.25, 0.3) is 39.3 Å². The zero-order valence-electron chi connectivity index (χ0n) is 25.2. The Balaban J connectivity index is 1.70. The maximum Gasteiger partial charge on any atom is 0.258 e. The topological polar surface area (TPSA) is 13.1 Å². The summed E-state index contributed by atoms with van der Waals surface area (Å²) in [7, 11) is -2.04. The van der Waals surface area contributed by atoms with E-state index in [0.717, 1.165) is 22.8 Å². The van der Waals surface area contributed by atoms with Crippen LogP contribution in [0.4, 0.5) is 0 Å². The monoisotopic (exact) mass is 556 g/mol. The van der Waals surface area contributed by atoms with Crippen LogP contribution < -0.4 is 8.99 Å². The largest absolute Gasteiger partial charge is 0.543 e. The van der Waals surface area contributed by atoms with E-state index in [2.05, 4.69) is 174 Å². The first-order valence-corrected chi connectivity index (χ1v) is 17.0. The Morgan fingerprint density at radius 1 is 0.463 bits per heavy atom. The molecule has 3 heteroatoms. The minimum absolute atomic E-state index is 0.524. The summed E-state index contributed by atoms with van der Waals surface area (Å²) in [6.45, 7) is 14.0. The number of hydrogen-bond acceptors (Lipinski definition) is 1. The first-order valence-electron chi connectivity index (χ1n) is 14.9. The third-order valence-electron chi connectivity index (χ3n) is 8.41. The lowest BCUT2D eigenvalue weighted by Crippen LogP contribution is -2.50. The molecule has 0 unspecified atom stereocenters. The van der Waals surface area contributed by atoms with Crippen LogP contribution in [-0.4, -0.2) is 8.32 Å². The molecule has 0 N–H and O–H groups in total. The number of aromatic nitrogens is 1. The second-order valence-corrected chi connectivity index (χ2v) is 17.2. The average molecular weight is 557 g/mol. The van der Waals surface area contributed by atoms with Gasteiger partial charge in [0.05, 0.1) is 0 Å². The molecule has 0 radical (unpaired) electrons. The van der Waals surface area contributed by atoms with Gasteiger partial charge in [-0.05, 0) is 64.1 Å². The van der Waals surface area contributed by atoms with Crippen LogP contribution in [0.2, 0.25) is 16.6 Å². The summed E-state index contributed by atoms with van der Waals surface area (Å²) in [6.07, 6.45) is 0. The predicted octanol–water partition coefficient (Wildman–Crippen LogP) is 10.5. The Morgan fingerprint density at radius 3 is 1.24 bits per heavy atom. The third kappa shape index (κ3) is 5.78. The third-order valence-corrected chi connectivity index (χ3v) is 14.4. The van der Waals surface area contributed by atoms with E-state index in [1.54, 1.807) is 0 Å². The number of rotatable bonds is 9. The molecule has 0 saturated heterocycles. The fourth-order valence-corrected chi connectivity index (χ4v) is 11.8. The van der Waals surface area contributed by atoms with E-state index in [4.69, 9.17) is 4.43 Å². The second-order valence-electron chi connectivity index (χ2n) is 11.9. The van der Waals surface area contributed by atoms with Crippen LogP contribution in [0.3, 0.4) is 0 Å². The van der Waals surface area contributed by atoms with Crippen molar-refractivity contribution in [3.63, 3.8) is 0 Å². The summed E-state index contributed by atoms with van der Waals surface area (Å²) in [4.78, 5) is 0. The Hall–Kier alpha value is -3.95. The molecule has 0 fully saturated rings.